The van der Waals surface area contributed by atoms with Gasteiger partial charge in [0, 0.05) is 38.4 Å². The van der Waals surface area contributed by atoms with Crippen molar-refractivity contribution in [2.75, 3.05) is 37.6 Å². The van der Waals surface area contributed by atoms with Crippen molar-refractivity contribution in [2.24, 2.45) is 0 Å². The molecular formula is C28H23F4N3O3. The Labute approximate surface area is 216 Å². The van der Waals surface area contributed by atoms with E-state index in [4.69, 9.17) is 0 Å². The zero-order chi connectivity index (χ0) is 27.0. The van der Waals surface area contributed by atoms with Crippen molar-refractivity contribution in [3.63, 3.8) is 0 Å². The summed E-state index contributed by atoms with van der Waals surface area (Å²) in [6, 6.07) is 16.4. The predicted molar refractivity (Wildman–Crippen MR) is 131 cm³/mol. The molecular weight excluding hydrogens is 502 g/mol. The van der Waals surface area contributed by atoms with Gasteiger partial charge in [-0.3, -0.25) is 19.3 Å². The zero-order valence-electron chi connectivity index (χ0n) is 20.2. The van der Waals surface area contributed by atoms with Crippen molar-refractivity contribution in [3.05, 3.63) is 100 Å². The van der Waals surface area contributed by atoms with Gasteiger partial charge in [-0.1, -0.05) is 30.3 Å². The standard InChI is InChI=1S/C28H23F4N3O3/c29-19-6-9-24(28(30,31)32)23(16-19)25(36)34-14-12-33(13-15-34)20-7-8-21-22(17-20)27(38)35(26(21)37)11-10-18-4-2-1-3-5-18/h1-9,16-17H,10-15H2. The number of rotatable bonds is 5. The molecule has 10 heteroatoms. The van der Waals surface area contributed by atoms with Gasteiger partial charge < -0.3 is 9.80 Å². The summed E-state index contributed by atoms with van der Waals surface area (Å²) in [6.07, 6.45) is -4.25. The monoisotopic (exact) mass is 525 g/mol. The minimum Gasteiger partial charge on any atom is -0.368 e. The van der Waals surface area contributed by atoms with Crippen LogP contribution in [0.25, 0.3) is 0 Å². The molecule has 0 unspecified atom stereocenters. The van der Waals surface area contributed by atoms with Crippen molar-refractivity contribution in [2.45, 2.75) is 12.6 Å². The zero-order valence-corrected chi connectivity index (χ0v) is 20.2. The van der Waals surface area contributed by atoms with Gasteiger partial charge in [0.1, 0.15) is 5.82 Å². The van der Waals surface area contributed by atoms with Crippen LogP contribution in [0, 0.1) is 5.82 Å². The molecule has 0 bridgehead atoms. The number of nitrogens with zero attached hydrogens (tertiary/aromatic N) is 3. The normalized spacial score (nSPS) is 15.7. The molecule has 2 aliphatic rings. The molecule has 3 aromatic rings. The van der Waals surface area contributed by atoms with Gasteiger partial charge in [-0.25, -0.2) is 4.39 Å². The third-order valence-electron chi connectivity index (χ3n) is 6.87. The van der Waals surface area contributed by atoms with Gasteiger partial charge in [-0.2, -0.15) is 13.2 Å². The van der Waals surface area contributed by atoms with E-state index in [9.17, 15) is 31.9 Å². The fourth-order valence-corrected chi connectivity index (χ4v) is 4.84. The second-order valence-corrected chi connectivity index (χ2v) is 9.19. The van der Waals surface area contributed by atoms with E-state index in [2.05, 4.69) is 0 Å². The Morgan fingerprint density at radius 1 is 0.816 bits per heavy atom. The van der Waals surface area contributed by atoms with Gasteiger partial charge in [-0.15, -0.1) is 0 Å². The van der Waals surface area contributed by atoms with Crippen molar-refractivity contribution in [3.8, 4) is 0 Å². The number of piperazine rings is 1. The number of hydrogen-bond donors (Lipinski definition) is 0. The molecule has 1 saturated heterocycles. The van der Waals surface area contributed by atoms with Crippen LogP contribution in [0.5, 0.6) is 0 Å². The lowest BCUT2D eigenvalue weighted by atomic mass is 10.0. The van der Waals surface area contributed by atoms with E-state index < -0.39 is 29.0 Å². The van der Waals surface area contributed by atoms with Crippen LogP contribution in [0.15, 0.2) is 66.7 Å². The molecule has 0 aromatic heterocycles. The third kappa shape index (κ3) is 4.85. The van der Waals surface area contributed by atoms with Crippen molar-refractivity contribution >= 4 is 23.4 Å². The Balaban J connectivity index is 1.26. The largest absolute Gasteiger partial charge is 0.417 e. The molecule has 196 valence electrons. The second-order valence-electron chi connectivity index (χ2n) is 9.19. The van der Waals surface area contributed by atoms with E-state index in [1.807, 2.05) is 35.2 Å². The van der Waals surface area contributed by atoms with Crippen LogP contribution in [0.1, 0.15) is 42.2 Å². The van der Waals surface area contributed by atoms with Gasteiger partial charge in [-0.05, 0) is 48.4 Å². The molecule has 38 heavy (non-hydrogen) atoms. The van der Waals surface area contributed by atoms with Crippen molar-refractivity contribution in [1.82, 2.24) is 9.80 Å². The molecule has 5 rings (SSSR count). The topological polar surface area (TPSA) is 60.9 Å². The van der Waals surface area contributed by atoms with E-state index in [1.165, 1.54) is 9.80 Å². The van der Waals surface area contributed by atoms with Crippen LogP contribution in [-0.4, -0.2) is 60.2 Å². The molecule has 0 aliphatic carbocycles. The second kappa shape index (κ2) is 9.92. The molecule has 1 fully saturated rings. The SMILES string of the molecule is O=C(c1cc(F)ccc1C(F)(F)F)N1CCN(c2ccc3c(c2)C(=O)N(CCc2ccccc2)C3=O)CC1. The Morgan fingerprint density at radius 3 is 2.18 bits per heavy atom. The van der Waals surface area contributed by atoms with Gasteiger partial charge in [0.2, 0.25) is 0 Å². The molecule has 2 heterocycles. The Hall–Kier alpha value is -4.21. The summed E-state index contributed by atoms with van der Waals surface area (Å²) in [4.78, 5) is 43.1. The average molecular weight is 526 g/mol. The number of hydrogen-bond acceptors (Lipinski definition) is 4. The lowest BCUT2D eigenvalue weighted by Gasteiger charge is -2.36. The Morgan fingerprint density at radius 2 is 1.50 bits per heavy atom. The lowest BCUT2D eigenvalue weighted by Crippen LogP contribution is -2.49. The predicted octanol–water partition coefficient (Wildman–Crippen LogP) is 4.65. The summed E-state index contributed by atoms with van der Waals surface area (Å²) >= 11 is 0. The minimum absolute atomic E-state index is 0.111. The van der Waals surface area contributed by atoms with Crippen LogP contribution < -0.4 is 4.90 Å². The highest BCUT2D eigenvalue weighted by Gasteiger charge is 2.38. The highest BCUT2D eigenvalue weighted by atomic mass is 19.4. The average Bonchev–Trinajstić information content (AvgIpc) is 3.15. The maximum Gasteiger partial charge on any atom is 0.417 e. The number of benzene rings is 3. The van der Waals surface area contributed by atoms with Crippen LogP contribution in [0.2, 0.25) is 0 Å². The first-order valence-corrected chi connectivity index (χ1v) is 12.1. The van der Waals surface area contributed by atoms with E-state index in [0.29, 0.717) is 54.5 Å². The van der Waals surface area contributed by atoms with Gasteiger partial charge in [0.05, 0.1) is 22.3 Å². The lowest BCUT2D eigenvalue weighted by molar-refractivity contribution is -0.138. The van der Waals surface area contributed by atoms with Crippen LogP contribution in [-0.2, 0) is 12.6 Å². The van der Waals surface area contributed by atoms with E-state index >= 15 is 0 Å². The molecule has 0 radical (unpaired) electrons. The quantitative estimate of drug-likeness (QED) is 0.360. The number of alkyl halides is 3. The summed E-state index contributed by atoms with van der Waals surface area (Å²) in [6.45, 7) is 1.06. The maximum atomic E-state index is 13.7. The smallest absolute Gasteiger partial charge is 0.368 e. The molecule has 3 aromatic carbocycles. The highest BCUT2D eigenvalue weighted by molar-refractivity contribution is 6.21. The molecule has 6 nitrogen and oxygen atoms in total. The molecule has 0 atom stereocenters. The minimum atomic E-state index is -4.79. The maximum absolute atomic E-state index is 13.7. The molecule has 0 N–H and O–H groups in total. The van der Waals surface area contributed by atoms with Gasteiger partial charge in [0.25, 0.3) is 17.7 Å². The molecule has 2 aliphatic heterocycles. The number of halogens is 4. The fourth-order valence-electron chi connectivity index (χ4n) is 4.84. The Kier molecular flexibility index (Phi) is 6.64. The first-order chi connectivity index (χ1) is 18.1. The molecule has 0 saturated carbocycles. The van der Waals surface area contributed by atoms with Crippen molar-refractivity contribution < 1.29 is 31.9 Å². The van der Waals surface area contributed by atoms with E-state index in [1.54, 1.807) is 18.2 Å². The highest BCUT2D eigenvalue weighted by Crippen LogP contribution is 2.33. The number of carbonyl (C=O) groups is 3. The summed E-state index contributed by atoms with van der Waals surface area (Å²) < 4.78 is 53.8. The fraction of sp³-hybridized carbons (Fsp3) is 0.250. The van der Waals surface area contributed by atoms with Gasteiger partial charge >= 0.3 is 6.18 Å². The third-order valence-corrected chi connectivity index (χ3v) is 6.87. The summed E-state index contributed by atoms with van der Waals surface area (Å²) in [5.41, 5.74) is 0.412. The van der Waals surface area contributed by atoms with Crippen LogP contribution in [0.4, 0.5) is 23.2 Å². The number of amides is 3. The van der Waals surface area contributed by atoms with Crippen molar-refractivity contribution in [1.29, 1.82) is 0 Å². The van der Waals surface area contributed by atoms with Crippen LogP contribution in [0.3, 0.4) is 0 Å². The molecule has 0 spiro atoms. The Bertz CT molecular complexity index is 1400. The first-order valence-electron chi connectivity index (χ1n) is 12.1. The van der Waals surface area contributed by atoms with E-state index in [0.717, 1.165) is 5.56 Å². The number of anilines is 1. The van der Waals surface area contributed by atoms with E-state index in [-0.39, 0.29) is 31.4 Å². The first kappa shape index (κ1) is 25.4. The van der Waals surface area contributed by atoms with Gasteiger partial charge in [0.15, 0.2) is 0 Å². The van der Waals surface area contributed by atoms with Crippen LogP contribution >= 0.6 is 0 Å². The summed E-state index contributed by atoms with van der Waals surface area (Å²) in [7, 11) is 0. The number of fused-ring (bicyclic) bond motifs is 1. The summed E-state index contributed by atoms with van der Waals surface area (Å²) in [5, 5.41) is 0. The number of imide groups is 1. The summed E-state index contributed by atoms with van der Waals surface area (Å²) in [5.74, 6) is -2.53. The molecule has 3 amide bonds. The number of carbonyl (C=O) groups excluding carboxylic acids is 3.